The van der Waals surface area contributed by atoms with E-state index in [4.69, 9.17) is 0 Å². The van der Waals surface area contributed by atoms with Gasteiger partial charge in [0.2, 0.25) is 5.91 Å². The first kappa shape index (κ1) is 18.1. The third kappa shape index (κ3) is 5.13. The van der Waals surface area contributed by atoms with E-state index in [0.717, 1.165) is 11.1 Å². The highest BCUT2D eigenvalue weighted by molar-refractivity contribution is 7.98. The number of hydrogen-bond acceptors (Lipinski definition) is 3. The first-order valence-corrected chi connectivity index (χ1v) is 9.04. The van der Waals surface area contributed by atoms with Crippen LogP contribution in [0.4, 0.5) is 0 Å². The Hall–Kier alpha value is -2.27. The molecule has 0 bridgehead atoms. The van der Waals surface area contributed by atoms with Crippen LogP contribution in [-0.2, 0) is 4.79 Å². The molecule has 0 saturated heterocycles. The lowest BCUT2D eigenvalue weighted by Crippen LogP contribution is -2.39. The van der Waals surface area contributed by atoms with Gasteiger partial charge in [0.1, 0.15) is 0 Å². The Kier molecular flexibility index (Phi) is 6.44. The van der Waals surface area contributed by atoms with Gasteiger partial charge in [-0.2, -0.15) is 0 Å². The summed E-state index contributed by atoms with van der Waals surface area (Å²) in [6.45, 7) is 3.74. The molecule has 0 heterocycles. The van der Waals surface area contributed by atoms with Gasteiger partial charge in [-0.3, -0.25) is 9.59 Å². The van der Waals surface area contributed by atoms with Gasteiger partial charge in [-0.05, 0) is 55.5 Å². The largest absolute Gasteiger partial charge is 0.352 e. The normalized spacial score (nSPS) is 10.5. The molecule has 0 fully saturated rings. The van der Waals surface area contributed by atoms with Crippen molar-refractivity contribution in [2.24, 2.45) is 0 Å². The van der Waals surface area contributed by atoms with Crippen LogP contribution in [0.2, 0.25) is 0 Å². The monoisotopic (exact) mass is 342 g/mol. The number of carbonyl (C=O) groups excluding carboxylic acids is 2. The number of thioether (sulfide) groups is 1. The van der Waals surface area contributed by atoms with Crippen LogP contribution in [0, 0.1) is 0 Å². The van der Waals surface area contributed by atoms with Gasteiger partial charge < -0.3 is 10.6 Å². The average Bonchev–Trinajstić information content (AvgIpc) is 2.59. The van der Waals surface area contributed by atoms with E-state index < -0.39 is 0 Å². The highest BCUT2D eigenvalue weighted by Crippen LogP contribution is 2.23. The van der Waals surface area contributed by atoms with Gasteiger partial charge in [0.05, 0.1) is 6.54 Å². The van der Waals surface area contributed by atoms with Crippen molar-refractivity contribution in [3.8, 4) is 11.1 Å². The number of nitrogens with one attached hydrogen (secondary N) is 2. The molecule has 126 valence electrons. The zero-order chi connectivity index (χ0) is 17.5. The smallest absolute Gasteiger partial charge is 0.251 e. The van der Waals surface area contributed by atoms with Crippen molar-refractivity contribution in [3.63, 3.8) is 0 Å². The van der Waals surface area contributed by atoms with Crippen molar-refractivity contribution in [2.45, 2.75) is 24.8 Å². The number of hydrogen-bond donors (Lipinski definition) is 2. The first-order chi connectivity index (χ1) is 11.5. The van der Waals surface area contributed by atoms with Gasteiger partial charge in [-0.1, -0.05) is 24.3 Å². The maximum atomic E-state index is 12.2. The van der Waals surface area contributed by atoms with Gasteiger partial charge in [-0.15, -0.1) is 11.8 Å². The van der Waals surface area contributed by atoms with Gasteiger partial charge in [0.15, 0.2) is 0 Å². The third-order valence-electron chi connectivity index (χ3n) is 3.41. The van der Waals surface area contributed by atoms with E-state index in [1.807, 2.05) is 50.4 Å². The molecule has 0 spiro atoms. The molecule has 0 aliphatic rings. The fourth-order valence-electron chi connectivity index (χ4n) is 2.26. The predicted octanol–water partition coefficient (Wildman–Crippen LogP) is 3.33. The molecule has 5 heteroatoms. The molecule has 0 aliphatic heterocycles. The van der Waals surface area contributed by atoms with Crippen molar-refractivity contribution in [1.29, 1.82) is 0 Å². The zero-order valence-electron chi connectivity index (χ0n) is 14.1. The SMILES string of the molecule is CSc1ccc(-c2cccc(C(=O)NCC(=O)NC(C)C)c2)cc1. The highest BCUT2D eigenvalue weighted by Gasteiger charge is 2.10. The van der Waals surface area contributed by atoms with Crippen LogP contribution in [0.5, 0.6) is 0 Å². The topological polar surface area (TPSA) is 58.2 Å². The lowest BCUT2D eigenvalue weighted by molar-refractivity contribution is -0.120. The van der Waals surface area contributed by atoms with Crippen LogP contribution in [0.15, 0.2) is 53.4 Å². The fraction of sp³-hybridized carbons (Fsp3) is 0.263. The van der Waals surface area contributed by atoms with Crippen LogP contribution in [0.1, 0.15) is 24.2 Å². The molecule has 0 saturated carbocycles. The van der Waals surface area contributed by atoms with E-state index in [0.29, 0.717) is 5.56 Å². The lowest BCUT2D eigenvalue weighted by Gasteiger charge is -2.10. The fourth-order valence-corrected chi connectivity index (χ4v) is 2.67. The lowest BCUT2D eigenvalue weighted by atomic mass is 10.0. The van der Waals surface area contributed by atoms with Crippen LogP contribution in [0.25, 0.3) is 11.1 Å². The molecular formula is C19H22N2O2S. The molecule has 2 aromatic carbocycles. The van der Waals surface area contributed by atoms with Gasteiger partial charge >= 0.3 is 0 Å². The number of benzene rings is 2. The molecular weight excluding hydrogens is 320 g/mol. The van der Waals surface area contributed by atoms with E-state index in [2.05, 4.69) is 22.8 Å². The van der Waals surface area contributed by atoms with E-state index in [-0.39, 0.29) is 24.4 Å². The van der Waals surface area contributed by atoms with E-state index in [1.165, 1.54) is 4.90 Å². The van der Waals surface area contributed by atoms with E-state index in [1.54, 1.807) is 17.8 Å². The second-order valence-corrected chi connectivity index (χ2v) is 6.59. The molecule has 4 nitrogen and oxygen atoms in total. The van der Waals surface area contributed by atoms with E-state index >= 15 is 0 Å². The summed E-state index contributed by atoms with van der Waals surface area (Å²) in [5.74, 6) is -0.446. The maximum absolute atomic E-state index is 12.2. The maximum Gasteiger partial charge on any atom is 0.251 e. The first-order valence-electron chi connectivity index (χ1n) is 7.81. The summed E-state index contributed by atoms with van der Waals surface area (Å²) in [5.41, 5.74) is 2.57. The Balaban J connectivity index is 2.06. The summed E-state index contributed by atoms with van der Waals surface area (Å²) in [7, 11) is 0. The Morgan fingerprint density at radius 1 is 1.04 bits per heavy atom. The summed E-state index contributed by atoms with van der Waals surface area (Å²) < 4.78 is 0. The molecule has 0 aromatic heterocycles. The molecule has 2 amide bonds. The van der Waals surface area contributed by atoms with Gasteiger partial charge in [0.25, 0.3) is 5.91 Å². The Morgan fingerprint density at radius 3 is 2.38 bits per heavy atom. The minimum absolute atomic E-state index is 0.0241. The standard InChI is InChI=1S/C19H22N2O2S/c1-13(2)21-18(22)12-20-19(23)16-6-4-5-15(11-16)14-7-9-17(24-3)10-8-14/h4-11,13H,12H2,1-3H3,(H,20,23)(H,21,22). The van der Waals surface area contributed by atoms with Gasteiger partial charge in [0, 0.05) is 16.5 Å². The highest BCUT2D eigenvalue weighted by atomic mass is 32.2. The second-order valence-electron chi connectivity index (χ2n) is 5.71. The Bertz CT molecular complexity index is 712. The molecule has 0 unspecified atom stereocenters. The predicted molar refractivity (Wildman–Crippen MR) is 99.3 cm³/mol. The summed E-state index contributed by atoms with van der Waals surface area (Å²) >= 11 is 1.69. The second kappa shape index (κ2) is 8.55. The van der Waals surface area contributed by atoms with Crippen LogP contribution < -0.4 is 10.6 Å². The van der Waals surface area contributed by atoms with Crippen LogP contribution >= 0.6 is 11.8 Å². The van der Waals surface area contributed by atoms with Crippen molar-refractivity contribution in [2.75, 3.05) is 12.8 Å². The summed E-state index contributed by atoms with van der Waals surface area (Å²) in [5, 5.41) is 5.39. The van der Waals surface area contributed by atoms with Crippen molar-refractivity contribution < 1.29 is 9.59 Å². The van der Waals surface area contributed by atoms with Crippen molar-refractivity contribution >= 4 is 23.6 Å². The third-order valence-corrected chi connectivity index (χ3v) is 4.15. The van der Waals surface area contributed by atoms with Crippen LogP contribution in [-0.4, -0.2) is 30.7 Å². The molecule has 0 atom stereocenters. The molecule has 0 radical (unpaired) electrons. The van der Waals surface area contributed by atoms with Crippen molar-refractivity contribution in [1.82, 2.24) is 10.6 Å². The van der Waals surface area contributed by atoms with Crippen molar-refractivity contribution in [3.05, 3.63) is 54.1 Å². The summed E-state index contributed by atoms with van der Waals surface area (Å²) in [4.78, 5) is 25.0. The molecule has 2 rings (SSSR count). The minimum atomic E-state index is -0.253. The molecule has 24 heavy (non-hydrogen) atoms. The van der Waals surface area contributed by atoms with Gasteiger partial charge in [-0.25, -0.2) is 0 Å². The quantitative estimate of drug-likeness (QED) is 0.792. The Labute approximate surface area is 147 Å². The summed E-state index contributed by atoms with van der Waals surface area (Å²) in [6, 6.07) is 15.7. The van der Waals surface area contributed by atoms with Crippen LogP contribution in [0.3, 0.4) is 0 Å². The average molecular weight is 342 g/mol. The molecule has 2 aromatic rings. The number of amides is 2. The zero-order valence-corrected chi connectivity index (χ0v) is 14.9. The Morgan fingerprint density at radius 2 is 1.75 bits per heavy atom. The number of rotatable bonds is 6. The van der Waals surface area contributed by atoms with E-state index in [9.17, 15) is 9.59 Å². The minimum Gasteiger partial charge on any atom is -0.352 e. The summed E-state index contributed by atoms with van der Waals surface area (Å²) in [6.07, 6.45) is 2.04. The molecule has 0 aliphatic carbocycles. The molecule has 2 N–H and O–H groups in total. The number of carbonyl (C=O) groups is 2.